The van der Waals surface area contributed by atoms with Gasteiger partial charge in [0.15, 0.2) is 0 Å². The Balaban J connectivity index is 2.80. The maximum atomic E-state index is 7.80. The summed E-state index contributed by atoms with van der Waals surface area (Å²) < 4.78 is 0. The molecule has 1 N–H and O–H groups in total. The third-order valence-electron chi connectivity index (χ3n) is 0. The molecule has 0 fully saturated rings. The molecule has 1 atom stereocenters. The molecule has 0 aromatic rings. The molecule has 1 unspecified atom stereocenters. The quantitative estimate of drug-likeness (QED) is 0.356. The van der Waals surface area contributed by atoms with E-state index in [0.29, 0.717) is 0 Å². The molecule has 0 aliphatic heterocycles. The van der Waals surface area contributed by atoms with Crippen LogP contribution in [-0.2, 0) is 11.8 Å². The second-order valence-electron chi connectivity index (χ2n) is 0.253. The summed E-state index contributed by atoms with van der Waals surface area (Å²) in [4.78, 5) is 7.80. The zero-order chi connectivity index (χ0) is 3.58. The van der Waals surface area contributed by atoms with Gasteiger partial charge in [-0.1, -0.05) is 12.2 Å². The van der Waals surface area contributed by atoms with Crippen molar-refractivity contribution in [3.63, 3.8) is 0 Å². The number of hydrogen-bond donors (Lipinski definition) is 2. The van der Waals surface area contributed by atoms with Gasteiger partial charge in [-0.2, -0.15) is 0 Å². The smallest absolute Gasteiger partial charge is 0.109 e. The summed E-state index contributed by atoms with van der Waals surface area (Å²) in [5.74, 6) is 0. The van der Waals surface area contributed by atoms with Crippen molar-refractivity contribution in [3.8, 4) is 0 Å². The Kier molecular flexibility index (Phi) is 2.52. The van der Waals surface area contributed by atoms with Gasteiger partial charge in [0.1, 0.15) is 6.13 Å². The van der Waals surface area contributed by atoms with Gasteiger partial charge in [0.2, 0.25) is 0 Å². The summed E-state index contributed by atoms with van der Waals surface area (Å²) in [5, 5.41) is 0. The van der Waals surface area contributed by atoms with Crippen molar-refractivity contribution in [3.05, 3.63) is 0 Å². The van der Waals surface area contributed by atoms with Gasteiger partial charge in [0, 0.05) is 0 Å². The van der Waals surface area contributed by atoms with Crippen LogP contribution in [0.15, 0.2) is 0 Å². The third-order valence-corrected chi connectivity index (χ3v) is 0. The molecule has 0 aliphatic carbocycles. The molecule has 4 heavy (non-hydrogen) atoms. The van der Waals surface area contributed by atoms with E-state index in [4.69, 9.17) is 4.89 Å². The molecule has 1 radical (unpaired) electrons. The largest absolute Gasteiger partial charge is 0.333 e. The Hall–Kier alpha value is 0.830. The van der Waals surface area contributed by atoms with Crippen LogP contribution in [0.4, 0.5) is 0 Å². The monoisotopic (exact) mass is 113 g/mol. The van der Waals surface area contributed by atoms with E-state index in [1.165, 1.54) is 0 Å². The predicted octanol–water partition coefficient (Wildman–Crippen LogP) is 0.682. The van der Waals surface area contributed by atoms with Gasteiger partial charge >= 0.3 is 0 Å². The molecule has 0 saturated carbocycles. The highest BCUT2D eigenvalue weighted by Crippen LogP contribution is 2.16. The molecule has 0 aromatic carbocycles. The molecule has 0 heterocycles. The average Bonchev–Trinajstić information content (AvgIpc) is 0.811. The SMILES string of the molecule is O[P](=S)S. The highest BCUT2D eigenvalue weighted by molar-refractivity contribution is 8.54. The Bertz CT molecular complexity index is 29.0. The van der Waals surface area contributed by atoms with Crippen LogP contribution in [0.1, 0.15) is 0 Å². The molecule has 25 valence electrons. The summed E-state index contributed by atoms with van der Waals surface area (Å²) in [6.07, 6.45) is -1.34. The molecular weight excluding hydrogens is 111 g/mol. The van der Waals surface area contributed by atoms with Gasteiger partial charge in [-0.3, -0.25) is 0 Å². The molecule has 0 bridgehead atoms. The minimum absolute atomic E-state index is 1.34. The first-order valence-corrected chi connectivity index (χ1v) is 4.04. The van der Waals surface area contributed by atoms with Crippen LogP contribution in [0.2, 0.25) is 0 Å². The van der Waals surface area contributed by atoms with Crippen molar-refractivity contribution < 1.29 is 4.89 Å². The van der Waals surface area contributed by atoms with E-state index in [1.807, 2.05) is 0 Å². The fraction of sp³-hybridized carbons (Fsp3) is 0. The van der Waals surface area contributed by atoms with Crippen LogP contribution >= 0.6 is 18.4 Å². The van der Waals surface area contributed by atoms with E-state index in [-0.39, 0.29) is 0 Å². The van der Waals surface area contributed by atoms with Gasteiger partial charge in [0.25, 0.3) is 0 Å². The number of rotatable bonds is 0. The van der Waals surface area contributed by atoms with Crippen LogP contribution < -0.4 is 0 Å². The van der Waals surface area contributed by atoms with Crippen LogP contribution in [-0.4, -0.2) is 4.89 Å². The minimum Gasteiger partial charge on any atom is -0.333 e. The fourth-order valence-electron chi connectivity index (χ4n) is 0. The molecule has 0 aromatic heterocycles. The van der Waals surface area contributed by atoms with E-state index in [2.05, 4.69) is 24.1 Å². The van der Waals surface area contributed by atoms with Crippen molar-refractivity contribution in [1.29, 1.82) is 0 Å². The van der Waals surface area contributed by atoms with Gasteiger partial charge in [0.05, 0.1) is 0 Å². The summed E-state index contributed by atoms with van der Waals surface area (Å²) in [7, 11) is 0. The Morgan fingerprint density at radius 2 is 2.00 bits per heavy atom. The molecule has 0 saturated heterocycles. The first-order valence-electron chi connectivity index (χ1n) is 0.583. The van der Waals surface area contributed by atoms with Crippen molar-refractivity contribution in [1.82, 2.24) is 0 Å². The van der Waals surface area contributed by atoms with E-state index < -0.39 is 6.13 Å². The molecule has 4 heteroatoms. The lowest BCUT2D eigenvalue weighted by atomic mass is 15.9. The maximum Gasteiger partial charge on any atom is 0.109 e. The average molecular weight is 113 g/mol. The van der Waals surface area contributed by atoms with Crippen LogP contribution in [0, 0.1) is 0 Å². The number of hydrogen-bond acceptors (Lipinski definition) is 1. The van der Waals surface area contributed by atoms with Crippen molar-refractivity contribution in [2.75, 3.05) is 0 Å². The van der Waals surface area contributed by atoms with E-state index in [1.54, 1.807) is 0 Å². The standard InChI is InChI=1S/H2OPS2/c1-2(3)4/h(H2,1,3,4). The van der Waals surface area contributed by atoms with Crippen molar-refractivity contribution >= 4 is 30.2 Å². The first kappa shape index (κ1) is 4.83. The molecular formula is H2OPS2. The number of thiol groups is 1. The predicted molar refractivity (Wildman–Crippen MR) is 25.5 cm³/mol. The zero-order valence-electron chi connectivity index (χ0n) is 1.75. The highest BCUT2D eigenvalue weighted by Gasteiger charge is 1.56. The normalized spacial score (nSPS) is 11.0. The fourth-order valence-corrected chi connectivity index (χ4v) is 0. The van der Waals surface area contributed by atoms with Crippen LogP contribution in [0.5, 0.6) is 0 Å². The molecule has 0 rings (SSSR count). The van der Waals surface area contributed by atoms with E-state index in [9.17, 15) is 0 Å². The van der Waals surface area contributed by atoms with Crippen molar-refractivity contribution in [2.45, 2.75) is 0 Å². The van der Waals surface area contributed by atoms with Crippen LogP contribution in [0.25, 0.3) is 0 Å². The summed E-state index contributed by atoms with van der Waals surface area (Å²) >= 11 is 7.51. The van der Waals surface area contributed by atoms with E-state index in [0.717, 1.165) is 0 Å². The molecule has 0 amide bonds. The van der Waals surface area contributed by atoms with Gasteiger partial charge < -0.3 is 4.89 Å². The lowest BCUT2D eigenvalue weighted by molar-refractivity contribution is 0.658. The Labute approximate surface area is 35.7 Å². The Morgan fingerprint density at radius 3 is 2.00 bits per heavy atom. The minimum atomic E-state index is -1.34. The van der Waals surface area contributed by atoms with Crippen molar-refractivity contribution in [2.24, 2.45) is 0 Å². The summed E-state index contributed by atoms with van der Waals surface area (Å²) in [6, 6.07) is 0. The lowest BCUT2D eigenvalue weighted by Gasteiger charge is -1.63. The maximum absolute atomic E-state index is 7.80. The molecule has 0 spiro atoms. The lowest BCUT2D eigenvalue weighted by Crippen LogP contribution is -1.20. The van der Waals surface area contributed by atoms with Gasteiger partial charge in [-0.05, 0) is 11.8 Å². The molecule has 0 aliphatic rings. The topological polar surface area (TPSA) is 20.2 Å². The third kappa shape index (κ3) is 13.8. The second kappa shape index (κ2) is 2.09. The first-order chi connectivity index (χ1) is 1.73. The summed E-state index contributed by atoms with van der Waals surface area (Å²) in [6.45, 7) is 0. The van der Waals surface area contributed by atoms with Gasteiger partial charge in [-0.25, -0.2) is 0 Å². The van der Waals surface area contributed by atoms with E-state index >= 15 is 0 Å². The van der Waals surface area contributed by atoms with Crippen LogP contribution in [0.3, 0.4) is 0 Å². The molecule has 1 nitrogen and oxygen atoms in total. The van der Waals surface area contributed by atoms with Gasteiger partial charge in [-0.15, -0.1) is 0 Å². The second-order valence-corrected chi connectivity index (χ2v) is 3.74. The summed E-state index contributed by atoms with van der Waals surface area (Å²) in [5.41, 5.74) is 0. The highest BCUT2D eigenvalue weighted by atomic mass is 32.9. The Morgan fingerprint density at radius 1 is 2.00 bits per heavy atom. The zero-order valence-corrected chi connectivity index (χ0v) is 4.36.